The lowest BCUT2D eigenvalue weighted by Crippen LogP contribution is -2.00. The van der Waals surface area contributed by atoms with Crippen LogP contribution in [0.5, 0.6) is 0 Å². The minimum absolute atomic E-state index is 0.278. The van der Waals surface area contributed by atoms with Crippen molar-refractivity contribution in [3.63, 3.8) is 0 Å². The Morgan fingerprint density at radius 2 is 1.75 bits per heavy atom. The number of thioether (sulfide) groups is 1. The molecule has 2 aromatic heterocycles. The molecule has 0 aliphatic rings. The first-order chi connectivity index (χ1) is 13.7. The van der Waals surface area contributed by atoms with Crippen LogP contribution in [0, 0.1) is 0 Å². The van der Waals surface area contributed by atoms with Crippen LogP contribution >= 0.6 is 11.8 Å². The van der Waals surface area contributed by atoms with Gasteiger partial charge in [0.25, 0.3) is 0 Å². The molecule has 0 fully saturated rings. The van der Waals surface area contributed by atoms with E-state index in [1.807, 2.05) is 59.2 Å². The Morgan fingerprint density at radius 3 is 2.43 bits per heavy atom. The molecule has 2 aromatic carbocycles. The first kappa shape index (κ1) is 17.9. The number of carboxylic acids is 1. The van der Waals surface area contributed by atoms with E-state index in [1.165, 1.54) is 0 Å². The highest BCUT2D eigenvalue weighted by molar-refractivity contribution is 7.98. The quantitative estimate of drug-likeness (QED) is 0.496. The van der Waals surface area contributed by atoms with Crippen LogP contribution in [0.15, 0.2) is 84.3 Å². The number of pyridine rings is 1. The Labute approximate surface area is 165 Å². The van der Waals surface area contributed by atoms with E-state index in [9.17, 15) is 4.79 Å². The summed E-state index contributed by atoms with van der Waals surface area (Å²) in [7, 11) is 0. The Kier molecular flexibility index (Phi) is 5.16. The van der Waals surface area contributed by atoms with E-state index in [4.69, 9.17) is 5.11 Å². The van der Waals surface area contributed by atoms with Crippen molar-refractivity contribution in [3.8, 4) is 17.1 Å². The smallest absolute Gasteiger partial charge is 0.335 e. The van der Waals surface area contributed by atoms with Crippen molar-refractivity contribution in [2.24, 2.45) is 0 Å². The molecule has 4 rings (SSSR count). The molecule has 0 amide bonds. The average molecular weight is 388 g/mol. The monoisotopic (exact) mass is 388 g/mol. The zero-order valence-electron chi connectivity index (χ0n) is 14.8. The lowest BCUT2D eigenvalue weighted by Gasteiger charge is -2.10. The van der Waals surface area contributed by atoms with Crippen molar-refractivity contribution >= 4 is 17.7 Å². The molecule has 138 valence electrons. The van der Waals surface area contributed by atoms with Crippen molar-refractivity contribution in [3.05, 3.63) is 90.3 Å². The predicted octanol–water partition coefficient (Wildman–Crippen LogP) is 4.32. The molecule has 0 saturated heterocycles. The number of hydrogen-bond donors (Lipinski definition) is 1. The summed E-state index contributed by atoms with van der Waals surface area (Å²) < 4.78 is 2.01. The fourth-order valence-electron chi connectivity index (χ4n) is 2.75. The second-order valence-corrected chi connectivity index (χ2v) is 6.95. The average Bonchev–Trinajstić information content (AvgIpc) is 3.18. The zero-order chi connectivity index (χ0) is 19.3. The summed E-state index contributed by atoms with van der Waals surface area (Å²) in [6, 6.07) is 20.6. The summed E-state index contributed by atoms with van der Waals surface area (Å²) in [5.74, 6) is 0.449. The molecular weight excluding hydrogens is 372 g/mol. The van der Waals surface area contributed by atoms with E-state index >= 15 is 0 Å². The highest BCUT2D eigenvalue weighted by atomic mass is 32.2. The zero-order valence-corrected chi connectivity index (χ0v) is 15.6. The minimum Gasteiger partial charge on any atom is -0.478 e. The topological polar surface area (TPSA) is 80.9 Å². The molecule has 6 nitrogen and oxygen atoms in total. The van der Waals surface area contributed by atoms with Gasteiger partial charge in [-0.3, -0.25) is 9.55 Å². The van der Waals surface area contributed by atoms with Crippen LogP contribution in [0.1, 0.15) is 15.9 Å². The van der Waals surface area contributed by atoms with Gasteiger partial charge >= 0.3 is 5.97 Å². The Balaban J connectivity index is 1.65. The van der Waals surface area contributed by atoms with E-state index in [2.05, 4.69) is 15.2 Å². The molecule has 0 aliphatic heterocycles. The third-order valence-electron chi connectivity index (χ3n) is 4.14. The molecule has 0 atom stereocenters. The van der Waals surface area contributed by atoms with Gasteiger partial charge in [-0.1, -0.05) is 42.1 Å². The van der Waals surface area contributed by atoms with Crippen molar-refractivity contribution < 1.29 is 9.90 Å². The molecule has 2 heterocycles. The van der Waals surface area contributed by atoms with Crippen molar-refractivity contribution in [2.75, 3.05) is 0 Å². The molecular formula is C21H16N4O2S. The minimum atomic E-state index is -0.927. The first-order valence-corrected chi connectivity index (χ1v) is 9.57. The first-order valence-electron chi connectivity index (χ1n) is 8.58. The highest BCUT2D eigenvalue weighted by Gasteiger charge is 2.16. The van der Waals surface area contributed by atoms with E-state index in [0.717, 1.165) is 27.8 Å². The van der Waals surface area contributed by atoms with Gasteiger partial charge in [-0.25, -0.2) is 4.79 Å². The largest absolute Gasteiger partial charge is 0.478 e. The second-order valence-electron chi connectivity index (χ2n) is 6.01. The van der Waals surface area contributed by atoms with Gasteiger partial charge in [0.2, 0.25) is 0 Å². The number of aromatic carboxylic acids is 1. The van der Waals surface area contributed by atoms with Crippen LogP contribution < -0.4 is 0 Å². The van der Waals surface area contributed by atoms with Crippen LogP contribution in [-0.2, 0) is 5.75 Å². The number of aromatic nitrogens is 4. The Morgan fingerprint density at radius 1 is 0.964 bits per heavy atom. The summed E-state index contributed by atoms with van der Waals surface area (Å²) in [6.45, 7) is 0. The Hall–Kier alpha value is -3.45. The standard InChI is InChI=1S/C21H16N4O2S/c26-20(27)16-10-8-15(9-11-16)14-28-21-24-23-19(17-5-4-12-22-13-17)25(21)18-6-2-1-3-7-18/h1-13H,14H2,(H,26,27). The molecule has 0 saturated carbocycles. The second kappa shape index (κ2) is 8.06. The highest BCUT2D eigenvalue weighted by Crippen LogP contribution is 2.29. The van der Waals surface area contributed by atoms with E-state index in [0.29, 0.717) is 5.75 Å². The van der Waals surface area contributed by atoms with E-state index < -0.39 is 5.97 Å². The number of hydrogen-bond acceptors (Lipinski definition) is 5. The van der Waals surface area contributed by atoms with Gasteiger partial charge < -0.3 is 5.11 Å². The van der Waals surface area contributed by atoms with E-state index in [1.54, 1.807) is 36.3 Å². The van der Waals surface area contributed by atoms with E-state index in [-0.39, 0.29) is 5.56 Å². The third kappa shape index (κ3) is 3.79. The van der Waals surface area contributed by atoms with Crippen molar-refractivity contribution in [1.29, 1.82) is 0 Å². The van der Waals surface area contributed by atoms with Crippen molar-refractivity contribution in [1.82, 2.24) is 19.7 Å². The normalized spacial score (nSPS) is 10.7. The molecule has 0 spiro atoms. The van der Waals surface area contributed by atoms with Gasteiger partial charge in [0.1, 0.15) is 0 Å². The molecule has 7 heteroatoms. The number of para-hydroxylation sites is 1. The number of rotatable bonds is 6. The molecule has 1 N–H and O–H groups in total. The molecule has 0 radical (unpaired) electrons. The summed E-state index contributed by atoms with van der Waals surface area (Å²) >= 11 is 1.55. The van der Waals surface area contributed by atoms with Gasteiger partial charge in [-0.2, -0.15) is 0 Å². The number of carbonyl (C=O) groups is 1. The maximum atomic E-state index is 11.0. The fraction of sp³-hybridized carbons (Fsp3) is 0.0476. The molecule has 28 heavy (non-hydrogen) atoms. The van der Waals surface area contributed by atoms with Gasteiger partial charge in [-0.15, -0.1) is 10.2 Å². The van der Waals surface area contributed by atoms with Crippen LogP contribution in [0.2, 0.25) is 0 Å². The van der Waals surface area contributed by atoms with Gasteiger partial charge in [0, 0.05) is 29.4 Å². The molecule has 0 bridgehead atoms. The molecule has 0 unspecified atom stereocenters. The van der Waals surface area contributed by atoms with Crippen LogP contribution in [-0.4, -0.2) is 30.8 Å². The summed E-state index contributed by atoms with van der Waals surface area (Å²) in [6.07, 6.45) is 3.49. The Bertz CT molecular complexity index is 1080. The lowest BCUT2D eigenvalue weighted by atomic mass is 10.1. The SMILES string of the molecule is O=C(O)c1ccc(CSc2nnc(-c3cccnc3)n2-c2ccccc2)cc1. The number of nitrogens with zero attached hydrogens (tertiary/aromatic N) is 4. The number of benzene rings is 2. The summed E-state index contributed by atoms with van der Waals surface area (Å²) in [4.78, 5) is 15.2. The third-order valence-corrected chi connectivity index (χ3v) is 5.14. The summed E-state index contributed by atoms with van der Waals surface area (Å²) in [5.41, 5.74) is 3.15. The van der Waals surface area contributed by atoms with Crippen LogP contribution in [0.4, 0.5) is 0 Å². The molecule has 4 aromatic rings. The van der Waals surface area contributed by atoms with Gasteiger partial charge in [0.15, 0.2) is 11.0 Å². The van der Waals surface area contributed by atoms with Gasteiger partial charge in [-0.05, 0) is 42.0 Å². The van der Waals surface area contributed by atoms with Crippen molar-refractivity contribution in [2.45, 2.75) is 10.9 Å². The maximum Gasteiger partial charge on any atom is 0.335 e. The lowest BCUT2D eigenvalue weighted by molar-refractivity contribution is 0.0697. The maximum absolute atomic E-state index is 11.0. The summed E-state index contributed by atoms with van der Waals surface area (Å²) in [5, 5.41) is 18.6. The number of carboxylic acid groups (broad SMARTS) is 1. The molecule has 0 aliphatic carbocycles. The van der Waals surface area contributed by atoms with Crippen LogP contribution in [0.25, 0.3) is 17.1 Å². The van der Waals surface area contributed by atoms with Crippen LogP contribution in [0.3, 0.4) is 0 Å². The fourth-order valence-corrected chi connectivity index (χ4v) is 3.65. The van der Waals surface area contributed by atoms with Gasteiger partial charge in [0.05, 0.1) is 5.56 Å². The predicted molar refractivity (Wildman–Crippen MR) is 108 cm³/mol.